The van der Waals surface area contributed by atoms with E-state index in [0.717, 1.165) is 6.07 Å². The molecule has 0 radical (unpaired) electrons. The van der Waals surface area contributed by atoms with Gasteiger partial charge in [-0.15, -0.1) is 0 Å². The van der Waals surface area contributed by atoms with E-state index in [2.05, 4.69) is 0 Å². The minimum atomic E-state index is -0.583. The molecule has 0 aliphatic heterocycles. The highest BCUT2D eigenvalue weighted by atomic mass is 19.1. The minimum Gasteiger partial charge on any atom is -0.493 e. The first-order chi connectivity index (χ1) is 9.51. The van der Waals surface area contributed by atoms with Crippen molar-refractivity contribution in [1.82, 2.24) is 0 Å². The Morgan fingerprint density at radius 2 is 1.85 bits per heavy atom. The third-order valence-electron chi connectivity index (χ3n) is 2.64. The molecule has 5 nitrogen and oxygen atoms in total. The van der Waals surface area contributed by atoms with Gasteiger partial charge in [0.2, 0.25) is 5.91 Å². The number of nitrogen functional groups attached to an aromatic ring is 1. The molecule has 2 aromatic rings. The number of rotatable bonds is 4. The average Bonchev–Trinajstić information content (AvgIpc) is 2.43. The van der Waals surface area contributed by atoms with E-state index >= 15 is 0 Å². The molecule has 0 saturated carbocycles. The molecule has 0 aliphatic rings. The SMILES string of the molecule is COc1cc(C(N)=O)ccc1Oc1cc(F)ccc1N. The molecule has 0 spiro atoms. The van der Waals surface area contributed by atoms with Gasteiger partial charge in [-0.1, -0.05) is 0 Å². The third-order valence-corrected chi connectivity index (χ3v) is 2.64. The Morgan fingerprint density at radius 3 is 2.50 bits per heavy atom. The lowest BCUT2D eigenvalue weighted by atomic mass is 10.2. The average molecular weight is 276 g/mol. The lowest BCUT2D eigenvalue weighted by molar-refractivity contribution is 0.1000. The maximum Gasteiger partial charge on any atom is 0.248 e. The number of nitrogens with two attached hydrogens (primary N) is 2. The first-order valence-corrected chi connectivity index (χ1v) is 5.72. The fraction of sp³-hybridized carbons (Fsp3) is 0.0714. The Morgan fingerprint density at radius 1 is 1.10 bits per heavy atom. The molecule has 0 unspecified atom stereocenters. The van der Waals surface area contributed by atoms with Crippen LogP contribution in [-0.2, 0) is 0 Å². The van der Waals surface area contributed by atoms with Crippen molar-refractivity contribution in [2.75, 3.05) is 12.8 Å². The van der Waals surface area contributed by atoms with Gasteiger partial charge in [-0.05, 0) is 30.3 Å². The topological polar surface area (TPSA) is 87.6 Å². The van der Waals surface area contributed by atoms with Gasteiger partial charge in [0.15, 0.2) is 17.2 Å². The zero-order valence-electron chi connectivity index (χ0n) is 10.7. The van der Waals surface area contributed by atoms with Gasteiger partial charge in [0.1, 0.15) is 5.82 Å². The molecule has 0 aliphatic carbocycles. The van der Waals surface area contributed by atoms with E-state index in [1.165, 1.54) is 37.4 Å². The van der Waals surface area contributed by atoms with Crippen molar-refractivity contribution in [3.8, 4) is 17.2 Å². The molecule has 0 saturated heterocycles. The fourth-order valence-corrected chi connectivity index (χ4v) is 1.62. The van der Waals surface area contributed by atoms with Gasteiger partial charge in [0.05, 0.1) is 12.8 Å². The Balaban J connectivity index is 2.38. The zero-order chi connectivity index (χ0) is 14.7. The van der Waals surface area contributed by atoms with Gasteiger partial charge < -0.3 is 20.9 Å². The van der Waals surface area contributed by atoms with Crippen molar-refractivity contribution in [3.05, 3.63) is 47.8 Å². The molecule has 0 heterocycles. The summed E-state index contributed by atoms with van der Waals surface area (Å²) >= 11 is 0. The van der Waals surface area contributed by atoms with Crippen LogP contribution < -0.4 is 20.9 Å². The van der Waals surface area contributed by atoms with Crippen LogP contribution in [0, 0.1) is 5.82 Å². The summed E-state index contributed by atoms with van der Waals surface area (Å²) in [6, 6.07) is 8.22. The van der Waals surface area contributed by atoms with E-state index in [9.17, 15) is 9.18 Å². The Kier molecular flexibility index (Phi) is 3.74. The number of carbonyl (C=O) groups is 1. The molecule has 0 atom stereocenters. The van der Waals surface area contributed by atoms with Gasteiger partial charge in [0.25, 0.3) is 0 Å². The van der Waals surface area contributed by atoms with Crippen LogP contribution in [0.5, 0.6) is 17.2 Å². The van der Waals surface area contributed by atoms with Crippen LogP contribution in [-0.4, -0.2) is 13.0 Å². The third kappa shape index (κ3) is 2.80. The van der Waals surface area contributed by atoms with E-state index in [0.29, 0.717) is 11.5 Å². The van der Waals surface area contributed by atoms with Crippen molar-refractivity contribution >= 4 is 11.6 Å². The van der Waals surface area contributed by atoms with Crippen LogP contribution in [0.15, 0.2) is 36.4 Å². The predicted octanol–water partition coefficient (Wildman–Crippen LogP) is 2.31. The number of anilines is 1. The first-order valence-electron chi connectivity index (χ1n) is 5.72. The molecule has 104 valence electrons. The highest BCUT2D eigenvalue weighted by molar-refractivity contribution is 5.93. The zero-order valence-corrected chi connectivity index (χ0v) is 10.7. The number of primary amides is 1. The summed E-state index contributed by atoms with van der Waals surface area (Å²) in [7, 11) is 1.42. The number of carbonyl (C=O) groups excluding carboxylic acids is 1. The molecule has 0 aromatic heterocycles. The van der Waals surface area contributed by atoms with Gasteiger partial charge >= 0.3 is 0 Å². The summed E-state index contributed by atoms with van der Waals surface area (Å²) in [6.45, 7) is 0. The van der Waals surface area contributed by atoms with Gasteiger partial charge in [-0.25, -0.2) is 4.39 Å². The number of hydrogen-bond donors (Lipinski definition) is 2. The van der Waals surface area contributed by atoms with Crippen molar-refractivity contribution < 1.29 is 18.7 Å². The van der Waals surface area contributed by atoms with Gasteiger partial charge in [-0.3, -0.25) is 4.79 Å². The molecule has 2 aromatic carbocycles. The summed E-state index contributed by atoms with van der Waals surface area (Å²) in [4.78, 5) is 11.1. The maximum absolute atomic E-state index is 13.2. The summed E-state index contributed by atoms with van der Waals surface area (Å²) in [5, 5.41) is 0. The fourth-order valence-electron chi connectivity index (χ4n) is 1.62. The normalized spacial score (nSPS) is 10.1. The van der Waals surface area contributed by atoms with E-state index in [-0.39, 0.29) is 17.0 Å². The van der Waals surface area contributed by atoms with Crippen LogP contribution in [0.2, 0.25) is 0 Å². The van der Waals surface area contributed by atoms with Crippen molar-refractivity contribution in [2.45, 2.75) is 0 Å². The number of ether oxygens (including phenoxy) is 2. The monoisotopic (exact) mass is 276 g/mol. The number of methoxy groups -OCH3 is 1. The van der Waals surface area contributed by atoms with E-state index in [1.54, 1.807) is 0 Å². The predicted molar refractivity (Wildman–Crippen MR) is 72.4 cm³/mol. The van der Waals surface area contributed by atoms with Crippen LogP contribution in [0.1, 0.15) is 10.4 Å². The number of hydrogen-bond acceptors (Lipinski definition) is 4. The molecule has 2 rings (SSSR count). The largest absolute Gasteiger partial charge is 0.493 e. The lowest BCUT2D eigenvalue weighted by Crippen LogP contribution is -2.10. The molecule has 20 heavy (non-hydrogen) atoms. The first kappa shape index (κ1) is 13.7. The number of amides is 1. The van der Waals surface area contributed by atoms with Crippen LogP contribution >= 0.6 is 0 Å². The summed E-state index contributed by atoms with van der Waals surface area (Å²) in [5.74, 6) is -0.295. The molecular weight excluding hydrogens is 263 g/mol. The second-order valence-corrected chi connectivity index (χ2v) is 4.01. The highest BCUT2D eigenvalue weighted by Gasteiger charge is 2.11. The number of benzene rings is 2. The molecular formula is C14H13FN2O3. The van der Waals surface area contributed by atoms with E-state index < -0.39 is 11.7 Å². The van der Waals surface area contributed by atoms with Gasteiger partial charge in [0, 0.05) is 11.6 Å². The second-order valence-electron chi connectivity index (χ2n) is 4.01. The molecule has 1 amide bonds. The van der Waals surface area contributed by atoms with Crippen LogP contribution in [0.25, 0.3) is 0 Å². The van der Waals surface area contributed by atoms with Crippen molar-refractivity contribution in [2.24, 2.45) is 5.73 Å². The summed E-state index contributed by atoms with van der Waals surface area (Å²) < 4.78 is 23.8. The van der Waals surface area contributed by atoms with E-state index in [1.807, 2.05) is 0 Å². The highest BCUT2D eigenvalue weighted by Crippen LogP contribution is 2.35. The standard InChI is InChI=1S/C14H13FN2O3/c1-19-13-6-8(14(17)18)2-5-11(13)20-12-7-9(15)3-4-10(12)16/h2-7H,16H2,1H3,(H2,17,18). The molecule has 0 fully saturated rings. The Bertz CT molecular complexity index is 659. The lowest BCUT2D eigenvalue weighted by Gasteiger charge is -2.12. The smallest absolute Gasteiger partial charge is 0.248 e. The molecule has 4 N–H and O–H groups in total. The molecule has 6 heteroatoms. The Hall–Kier alpha value is -2.76. The van der Waals surface area contributed by atoms with E-state index in [4.69, 9.17) is 20.9 Å². The van der Waals surface area contributed by atoms with Gasteiger partial charge in [-0.2, -0.15) is 0 Å². The molecule has 0 bridgehead atoms. The van der Waals surface area contributed by atoms with Crippen LogP contribution in [0.4, 0.5) is 10.1 Å². The van der Waals surface area contributed by atoms with Crippen molar-refractivity contribution in [1.29, 1.82) is 0 Å². The summed E-state index contributed by atoms with van der Waals surface area (Å²) in [5.41, 5.74) is 11.4. The second kappa shape index (κ2) is 5.48. The Labute approximate surface area is 114 Å². The van der Waals surface area contributed by atoms with Crippen LogP contribution in [0.3, 0.4) is 0 Å². The summed E-state index contributed by atoms with van der Waals surface area (Å²) in [6.07, 6.45) is 0. The van der Waals surface area contributed by atoms with Crippen molar-refractivity contribution in [3.63, 3.8) is 0 Å². The number of halogens is 1. The minimum absolute atomic E-state index is 0.162. The maximum atomic E-state index is 13.2. The quantitative estimate of drug-likeness (QED) is 0.839.